The zero-order valence-electron chi connectivity index (χ0n) is 13.0. The van der Waals surface area contributed by atoms with Gasteiger partial charge in [0.25, 0.3) is 0 Å². The Morgan fingerprint density at radius 1 is 1.29 bits per heavy atom. The van der Waals surface area contributed by atoms with Crippen LogP contribution in [-0.2, 0) is 20.9 Å². The lowest BCUT2D eigenvalue weighted by molar-refractivity contribution is -0.131. The molecule has 0 aromatic heterocycles. The molecule has 5 heteroatoms. The Morgan fingerprint density at radius 3 is 2.57 bits per heavy atom. The van der Waals surface area contributed by atoms with Crippen LogP contribution in [0.2, 0.25) is 0 Å². The average molecular weight is 293 g/mol. The third-order valence-electron chi connectivity index (χ3n) is 3.06. The van der Waals surface area contributed by atoms with E-state index >= 15 is 0 Å². The van der Waals surface area contributed by atoms with E-state index in [9.17, 15) is 9.59 Å². The topological polar surface area (TPSA) is 64.6 Å². The van der Waals surface area contributed by atoms with Crippen molar-refractivity contribution >= 4 is 11.7 Å². The SMILES string of the molecule is COc1cccc(COCC(=O)NC(C(C)=O)C(C)C)c1. The van der Waals surface area contributed by atoms with Crippen LogP contribution in [0.1, 0.15) is 26.3 Å². The van der Waals surface area contributed by atoms with Gasteiger partial charge in [0.05, 0.1) is 19.8 Å². The summed E-state index contributed by atoms with van der Waals surface area (Å²) in [4.78, 5) is 23.2. The van der Waals surface area contributed by atoms with E-state index in [-0.39, 0.29) is 24.2 Å². The Morgan fingerprint density at radius 2 is 2.00 bits per heavy atom. The van der Waals surface area contributed by atoms with Crippen molar-refractivity contribution in [2.75, 3.05) is 13.7 Å². The molecule has 1 N–H and O–H groups in total. The van der Waals surface area contributed by atoms with Gasteiger partial charge in [-0.2, -0.15) is 0 Å². The van der Waals surface area contributed by atoms with Crippen molar-refractivity contribution in [2.24, 2.45) is 5.92 Å². The van der Waals surface area contributed by atoms with Gasteiger partial charge in [-0.05, 0) is 30.5 Å². The third kappa shape index (κ3) is 5.95. The predicted octanol–water partition coefficient (Wildman–Crippen LogP) is 1.94. The molecule has 0 bridgehead atoms. The summed E-state index contributed by atoms with van der Waals surface area (Å²) in [7, 11) is 1.60. The van der Waals surface area contributed by atoms with Crippen LogP contribution >= 0.6 is 0 Å². The Kier molecular flexibility index (Phi) is 6.88. The fourth-order valence-corrected chi connectivity index (χ4v) is 1.98. The van der Waals surface area contributed by atoms with E-state index in [1.165, 1.54) is 6.92 Å². The van der Waals surface area contributed by atoms with Gasteiger partial charge < -0.3 is 14.8 Å². The molecule has 0 saturated heterocycles. The first-order valence-electron chi connectivity index (χ1n) is 6.94. The van der Waals surface area contributed by atoms with Crippen molar-refractivity contribution in [2.45, 2.75) is 33.4 Å². The van der Waals surface area contributed by atoms with Crippen molar-refractivity contribution in [3.05, 3.63) is 29.8 Å². The van der Waals surface area contributed by atoms with E-state index in [0.29, 0.717) is 6.61 Å². The number of benzene rings is 1. The lowest BCUT2D eigenvalue weighted by Gasteiger charge is -2.19. The van der Waals surface area contributed by atoms with E-state index < -0.39 is 6.04 Å². The molecule has 21 heavy (non-hydrogen) atoms. The van der Waals surface area contributed by atoms with Crippen LogP contribution in [-0.4, -0.2) is 31.4 Å². The predicted molar refractivity (Wildman–Crippen MR) is 80.1 cm³/mol. The van der Waals surface area contributed by atoms with Crippen LogP contribution in [0, 0.1) is 5.92 Å². The van der Waals surface area contributed by atoms with Crippen LogP contribution in [0.15, 0.2) is 24.3 Å². The number of amides is 1. The molecule has 0 fully saturated rings. The third-order valence-corrected chi connectivity index (χ3v) is 3.06. The molecule has 1 rings (SSSR count). The van der Waals surface area contributed by atoms with Crippen molar-refractivity contribution in [1.82, 2.24) is 5.32 Å². The van der Waals surface area contributed by atoms with Gasteiger partial charge in [-0.3, -0.25) is 9.59 Å². The van der Waals surface area contributed by atoms with Crippen molar-refractivity contribution < 1.29 is 19.1 Å². The number of methoxy groups -OCH3 is 1. The summed E-state index contributed by atoms with van der Waals surface area (Å²) in [6, 6.07) is 6.99. The molecule has 0 saturated carbocycles. The van der Waals surface area contributed by atoms with Crippen LogP contribution in [0.4, 0.5) is 0 Å². The minimum absolute atomic E-state index is 0.0499. The van der Waals surface area contributed by atoms with Gasteiger partial charge in [0.2, 0.25) is 5.91 Å². The van der Waals surface area contributed by atoms with Crippen molar-refractivity contribution in [3.63, 3.8) is 0 Å². The number of ether oxygens (including phenoxy) is 2. The molecule has 116 valence electrons. The number of nitrogens with one attached hydrogen (secondary N) is 1. The number of carbonyl (C=O) groups is 2. The molecule has 5 nitrogen and oxygen atoms in total. The Hall–Kier alpha value is -1.88. The summed E-state index contributed by atoms with van der Waals surface area (Å²) in [5, 5.41) is 2.69. The Labute approximate surface area is 125 Å². The Balaban J connectivity index is 2.41. The summed E-state index contributed by atoms with van der Waals surface area (Å²) in [6.07, 6.45) is 0. The summed E-state index contributed by atoms with van der Waals surface area (Å²) >= 11 is 0. The zero-order valence-corrected chi connectivity index (χ0v) is 13.0. The van der Waals surface area contributed by atoms with Crippen LogP contribution in [0.3, 0.4) is 0 Å². The van der Waals surface area contributed by atoms with E-state index in [1.807, 2.05) is 38.1 Å². The fourth-order valence-electron chi connectivity index (χ4n) is 1.98. The normalized spacial score (nSPS) is 12.0. The first kappa shape index (κ1) is 17.2. The molecular formula is C16H23NO4. The van der Waals surface area contributed by atoms with Gasteiger partial charge in [-0.15, -0.1) is 0 Å². The first-order chi connectivity index (χ1) is 9.93. The van der Waals surface area contributed by atoms with Gasteiger partial charge in [0.1, 0.15) is 12.4 Å². The molecule has 1 aromatic rings. The highest BCUT2D eigenvalue weighted by molar-refractivity contribution is 5.88. The molecule has 1 amide bonds. The van der Waals surface area contributed by atoms with Crippen molar-refractivity contribution in [3.8, 4) is 5.75 Å². The largest absolute Gasteiger partial charge is 0.497 e. The van der Waals surface area contributed by atoms with E-state index in [4.69, 9.17) is 9.47 Å². The molecule has 0 aliphatic heterocycles. The van der Waals surface area contributed by atoms with Gasteiger partial charge in [0.15, 0.2) is 5.78 Å². The highest BCUT2D eigenvalue weighted by Gasteiger charge is 2.20. The van der Waals surface area contributed by atoms with Gasteiger partial charge in [-0.25, -0.2) is 0 Å². The molecule has 0 heterocycles. The summed E-state index contributed by atoms with van der Waals surface area (Å²) in [5.74, 6) is 0.472. The van der Waals surface area contributed by atoms with Crippen molar-refractivity contribution in [1.29, 1.82) is 0 Å². The second kappa shape index (κ2) is 8.42. The smallest absolute Gasteiger partial charge is 0.246 e. The Bertz CT molecular complexity index is 485. The molecule has 1 atom stereocenters. The average Bonchev–Trinajstić information content (AvgIpc) is 2.44. The highest BCUT2D eigenvalue weighted by Crippen LogP contribution is 2.13. The number of Topliss-reactive ketones (excluding diaryl/α,β-unsaturated/α-hetero) is 1. The quantitative estimate of drug-likeness (QED) is 0.795. The highest BCUT2D eigenvalue weighted by atomic mass is 16.5. The second-order valence-corrected chi connectivity index (χ2v) is 5.24. The molecule has 1 aromatic carbocycles. The summed E-state index contributed by atoms with van der Waals surface area (Å²) in [5.41, 5.74) is 0.925. The van der Waals surface area contributed by atoms with E-state index in [2.05, 4.69) is 5.32 Å². The number of rotatable bonds is 8. The lowest BCUT2D eigenvalue weighted by atomic mass is 10.0. The van der Waals surface area contributed by atoms with Gasteiger partial charge in [-0.1, -0.05) is 26.0 Å². The molecule has 0 aliphatic rings. The van der Waals surface area contributed by atoms with Crippen LogP contribution < -0.4 is 10.1 Å². The van der Waals surface area contributed by atoms with E-state index in [0.717, 1.165) is 11.3 Å². The number of hydrogen-bond donors (Lipinski definition) is 1. The van der Waals surface area contributed by atoms with Crippen LogP contribution in [0.25, 0.3) is 0 Å². The van der Waals surface area contributed by atoms with Crippen LogP contribution in [0.5, 0.6) is 5.75 Å². The standard InChI is InChI=1S/C16H23NO4/c1-11(2)16(12(3)18)17-15(19)10-21-9-13-6-5-7-14(8-13)20-4/h5-8,11,16H,9-10H2,1-4H3,(H,17,19). The number of hydrogen-bond acceptors (Lipinski definition) is 4. The van der Waals surface area contributed by atoms with E-state index in [1.54, 1.807) is 7.11 Å². The maximum Gasteiger partial charge on any atom is 0.246 e. The molecule has 1 unspecified atom stereocenters. The minimum Gasteiger partial charge on any atom is -0.497 e. The fraction of sp³-hybridized carbons (Fsp3) is 0.500. The molecule has 0 spiro atoms. The molecular weight excluding hydrogens is 270 g/mol. The summed E-state index contributed by atoms with van der Waals surface area (Å²) in [6.45, 7) is 5.50. The second-order valence-electron chi connectivity index (χ2n) is 5.24. The number of carbonyl (C=O) groups excluding carboxylic acids is 2. The van der Waals surface area contributed by atoms with Gasteiger partial charge >= 0.3 is 0 Å². The molecule has 0 radical (unpaired) electrons. The molecule has 0 aliphatic carbocycles. The number of ketones is 1. The monoisotopic (exact) mass is 293 g/mol. The maximum absolute atomic E-state index is 11.8. The van der Waals surface area contributed by atoms with Gasteiger partial charge in [0, 0.05) is 0 Å². The minimum atomic E-state index is -0.460. The first-order valence-corrected chi connectivity index (χ1v) is 6.94. The summed E-state index contributed by atoms with van der Waals surface area (Å²) < 4.78 is 10.5. The zero-order chi connectivity index (χ0) is 15.8. The lowest BCUT2D eigenvalue weighted by Crippen LogP contribution is -2.44. The maximum atomic E-state index is 11.8.